The van der Waals surface area contributed by atoms with Gasteiger partial charge in [0.2, 0.25) is 0 Å². The van der Waals surface area contributed by atoms with Gasteiger partial charge in [0.05, 0.1) is 31.5 Å². The van der Waals surface area contributed by atoms with Gasteiger partial charge in [0, 0.05) is 0 Å². The van der Waals surface area contributed by atoms with Gasteiger partial charge in [-0.1, -0.05) is 0 Å². The molecule has 0 aliphatic carbocycles. The third-order valence-corrected chi connectivity index (χ3v) is 6.42. The Morgan fingerprint density at radius 3 is 1.61 bits per heavy atom. The fourth-order valence-corrected chi connectivity index (χ4v) is 4.25. The maximum Gasteiger partial charge on any atom is 0.187 e. The maximum atomic E-state index is 10.7. The lowest BCUT2D eigenvalue weighted by Gasteiger charge is -2.48. The molecule has 0 bridgehead atoms. The molecule has 15 unspecified atom stereocenters. The minimum absolute atomic E-state index is 0.571. The lowest BCUT2D eigenvalue weighted by atomic mass is 9.94. The second kappa shape index (κ2) is 11.0. The molecule has 0 saturated carbocycles. The highest BCUT2D eigenvalue weighted by atomic mass is 16.7. The summed E-state index contributed by atoms with van der Waals surface area (Å²) in [5.74, 6) is 0. The van der Waals surface area contributed by atoms with Gasteiger partial charge in [-0.25, -0.2) is 0 Å². The summed E-state index contributed by atoms with van der Waals surface area (Å²) < 4.78 is 27.5. The van der Waals surface area contributed by atoms with Gasteiger partial charge in [-0.2, -0.15) is 0 Å². The van der Waals surface area contributed by atoms with E-state index in [0.717, 1.165) is 0 Å². The van der Waals surface area contributed by atoms with Crippen molar-refractivity contribution in [1.29, 1.82) is 0 Å². The molecule has 10 N–H and O–H groups in total. The minimum Gasteiger partial charge on any atom is -0.394 e. The Hall–Kier alpha value is -0.560. The van der Waals surface area contributed by atoms with E-state index in [1.54, 1.807) is 6.92 Å². The molecule has 0 spiro atoms. The molecule has 14 nitrogen and oxygen atoms in total. The van der Waals surface area contributed by atoms with E-state index in [0.29, 0.717) is 0 Å². The lowest BCUT2D eigenvalue weighted by Crippen LogP contribution is -2.66. The number of aliphatic hydroxyl groups is 8. The Kier molecular flexibility index (Phi) is 9.02. The molecular weight excluding hydrogens is 450 g/mol. The molecule has 0 aromatic rings. The topological polar surface area (TPSA) is 234 Å². The van der Waals surface area contributed by atoms with E-state index in [-0.39, 0.29) is 0 Å². The Bertz CT molecular complexity index is 626. The first-order valence-electron chi connectivity index (χ1n) is 10.8. The first-order chi connectivity index (χ1) is 15.5. The quantitative estimate of drug-likeness (QED) is 0.171. The lowest BCUT2D eigenvalue weighted by molar-refractivity contribution is -0.366. The predicted molar refractivity (Wildman–Crippen MR) is 105 cm³/mol. The molecule has 3 rings (SSSR count). The number of hydrogen-bond acceptors (Lipinski definition) is 14. The van der Waals surface area contributed by atoms with Crippen LogP contribution in [0.4, 0.5) is 0 Å². The van der Waals surface area contributed by atoms with E-state index < -0.39 is 105 Å². The Morgan fingerprint density at radius 2 is 1.06 bits per heavy atom. The zero-order valence-corrected chi connectivity index (χ0v) is 18.3. The molecule has 3 aliphatic rings. The first kappa shape index (κ1) is 27.0. The van der Waals surface area contributed by atoms with Crippen LogP contribution >= 0.6 is 0 Å². The fourth-order valence-electron chi connectivity index (χ4n) is 4.25. The third kappa shape index (κ3) is 5.34. The van der Waals surface area contributed by atoms with Gasteiger partial charge in [-0.3, -0.25) is 0 Å². The van der Waals surface area contributed by atoms with Gasteiger partial charge in [0.15, 0.2) is 12.6 Å². The molecule has 3 saturated heterocycles. The molecule has 3 heterocycles. The summed E-state index contributed by atoms with van der Waals surface area (Å²) in [6.07, 6.45) is -18.9. The standard InChI is InChI=1S/C19H35NO13/c1-5-9(20)11(24)14(27)18(30-5)32-17-8(4-22)31-19(15(28)13(17)26)33-16-7(3-21)29-6(2)10(23)12(16)25/h5-19,21-28H,3-4,20H2,1-2H3. The van der Waals surface area contributed by atoms with Crippen LogP contribution in [0.2, 0.25) is 0 Å². The highest BCUT2D eigenvalue weighted by molar-refractivity contribution is 4.96. The van der Waals surface area contributed by atoms with Crippen molar-refractivity contribution in [1.82, 2.24) is 0 Å². The highest BCUT2D eigenvalue weighted by Gasteiger charge is 2.52. The monoisotopic (exact) mass is 485 g/mol. The van der Waals surface area contributed by atoms with Gasteiger partial charge in [-0.15, -0.1) is 0 Å². The Labute approximate surface area is 190 Å². The van der Waals surface area contributed by atoms with Crippen LogP contribution in [-0.4, -0.2) is 146 Å². The predicted octanol–water partition coefficient (Wildman–Crippen LogP) is -5.51. The number of ether oxygens (including phenoxy) is 5. The van der Waals surface area contributed by atoms with Crippen molar-refractivity contribution < 1.29 is 64.5 Å². The molecule has 0 aromatic carbocycles. The van der Waals surface area contributed by atoms with Gasteiger partial charge in [0.1, 0.15) is 61.0 Å². The third-order valence-electron chi connectivity index (χ3n) is 6.42. The van der Waals surface area contributed by atoms with Crippen molar-refractivity contribution in [3.8, 4) is 0 Å². The summed E-state index contributed by atoms with van der Waals surface area (Å²) in [5, 5.41) is 81.3. The van der Waals surface area contributed by atoms with Crippen molar-refractivity contribution in [2.75, 3.05) is 13.2 Å². The van der Waals surface area contributed by atoms with Crippen molar-refractivity contribution in [3.63, 3.8) is 0 Å². The molecule has 0 aromatic heterocycles. The summed E-state index contributed by atoms with van der Waals surface area (Å²) in [7, 11) is 0. The average Bonchev–Trinajstić information content (AvgIpc) is 2.80. The first-order valence-corrected chi connectivity index (χ1v) is 10.8. The number of aliphatic hydroxyl groups excluding tert-OH is 8. The summed E-state index contributed by atoms with van der Waals surface area (Å²) in [4.78, 5) is 0. The van der Waals surface area contributed by atoms with Crippen LogP contribution in [0.25, 0.3) is 0 Å². The van der Waals surface area contributed by atoms with Crippen LogP contribution in [0.15, 0.2) is 0 Å². The number of rotatable bonds is 6. The Morgan fingerprint density at radius 1 is 0.606 bits per heavy atom. The fraction of sp³-hybridized carbons (Fsp3) is 1.00. The van der Waals surface area contributed by atoms with E-state index in [4.69, 9.17) is 29.4 Å². The van der Waals surface area contributed by atoms with Crippen LogP contribution in [0.1, 0.15) is 13.8 Å². The van der Waals surface area contributed by atoms with E-state index >= 15 is 0 Å². The van der Waals surface area contributed by atoms with E-state index in [1.165, 1.54) is 6.92 Å². The van der Waals surface area contributed by atoms with Crippen molar-refractivity contribution in [3.05, 3.63) is 0 Å². The number of hydrogen-bond donors (Lipinski definition) is 9. The van der Waals surface area contributed by atoms with E-state index in [1.807, 2.05) is 0 Å². The Balaban J connectivity index is 1.71. The summed E-state index contributed by atoms with van der Waals surface area (Å²) in [6.45, 7) is 1.77. The largest absolute Gasteiger partial charge is 0.394 e. The van der Waals surface area contributed by atoms with Crippen molar-refractivity contribution in [2.24, 2.45) is 5.73 Å². The van der Waals surface area contributed by atoms with Gasteiger partial charge >= 0.3 is 0 Å². The summed E-state index contributed by atoms with van der Waals surface area (Å²) >= 11 is 0. The van der Waals surface area contributed by atoms with E-state index in [9.17, 15) is 40.9 Å². The number of nitrogens with two attached hydrogens (primary N) is 1. The summed E-state index contributed by atoms with van der Waals surface area (Å²) in [6, 6.07) is -0.883. The van der Waals surface area contributed by atoms with Crippen molar-refractivity contribution in [2.45, 2.75) is 106 Å². The zero-order valence-electron chi connectivity index (χ0n) is 18.3. The van der Waals surface area contributed by atoms with Gasteiger partial charge in [-0.05, 0) is 13.8 Å². The molecule has 33 heavy (non-hydrogen) atoms. The molecule has 3 aliphatic heterocycles. The van der Waals surface area contributed by atoms with E-state index in [2.05, 4.69) is 0 Å². The molecule has 194 valence electrons. The van der Waals surface area contributed by atoms with Gasteiger partial charge < -0.3 is 70.3 Å². The normalized spacial score (nSPS) is 53.7. The molecular formula is C19H35NO13. The maximum absolute atomic E-state index is 10.7. The van der Waals surface area contributed by atoms with Crippen LogP contribution in [0.5, 0.6) is 0 Å². The second-order valence-electron chi connectivity index (χ2n) is 8.72. The van der Waals surface area contributed by atoms with Crippen LogP contribution in [0, 0.1) is 0 Å². The molecule has 0 radical (unpaired) electrons. The SMILES string of the molecule is CC1OC(OC2C(CO)OC(OC3C(CO)OC(C)C(O)C3O)C(O)C2O)C(O)C(O)C1N. The molecule has 15 atom stereocenters. The zero-order chi connectivity index (χ0) is 24.6. The minimum atomic E-state index is -1.77. The highest BCUT2D eigenvalue weighted by Crippen LogP contribution is 2.32. The van der Waals surface area contributed by atoms with Crippen LogP contribution in [-0.2, 0) is 23.7 Å². The average molecular weight is 485 g/mol. The van der Waals surface area contributed by atoms with Gasteiger partial charge in [0.25, 0.3) is 0 Å². The molecule has 14 heteroatoms. The molecule has 0 amide bonds. The second-order valence-corrected chi connectivity index (χ2v) is 8.72. The molecule has 3 fully saturated rings. The smallest absolute Gasteiger partial charge is 0.187 e. The summed E-state index contributed by atoms with van der Waals surface area (Å²) in [5.41, 5.74) is 5.74. The van der Waals surface area contributed by atoms with Crippen molar-refractivity contribution >= 4 is 0 Å². The van der Waals surface area contributed by atoms with Crippen LogP contribution < -0.4 is 5.73 Å². The van der Waals surface area contributed by atoms with Crippen LogP contribution in [0.3, 0.4) is 0 Å².